The number of anilines is 1. The maximum atomic E-state index is 14.4. The summed E-state index contributed by atoms with van der Waals surface area (Å²) in [6.07, 6.45) is 7.93. The van der Waals surface area contributed by atoms with E-state index in [2.05, 4.69) is 15.6 Å². The Balaban J connectivity index is 1.27. The first-order valence-electron chi connectivity index (χ1n) is 10.3. The maximum Gasteiger partial charge on any atom is 0.315 e. The van der Waals surface area contributed by atoms with Crippen LogP contribution in [0.2, 0.25) is 0 Å². The summed E-state index contributed by atoms with van der Waals surface area (Å²) in [5.74, 6) is -0.0187. The molecule has 2 amide bonds. The van der Waals surface area contributed by atoms with E-state index in [9.17, 15) is 9.18 Å². The molecule has 1 saturated carbocycles. The van der Waals surface area contributed by atoms with Crippen molar-refractivity contribution in [3.05, 3.63) is 23.6 Å². The highest BCUT2D eigenvalue weighted by atomic mass is 19.1. The number of hydrogen-bond donors (Lipinski definition) is 2. The largest absolute Gasteiger partial charge is 0.378 e. The topological polar surface area (TPSA) is 75.7 Å². The molecule has 8 heteroatoms. The Kier molecular flexibility index (Phi) is 5.96. The number of urea groups is 1. The van der Waals surface area contributed by atoms with Gasteiger partial charge in [-0.15, -0.1) is 0 Å². The van der Waals surface area contributed by atoms with E-state index in [0.29, 0.717) is 44.3 Å². The van der Waals surface area contributed by atoms with Gasteiger partial charge in [0.25, 0.3) is 0 Å². The van der Waals surface area contributed by atoms with Gasteiger partial charge in [0.2, 0.25) is 0 Å². The summed E-state index contributed by atoms with van der Waals surface area (Å²) in [6.45, 7) is 3.37. The van der Waals surface area contributed by atoms with Crippen molar-refractivity contribution in [2.75, 3.05) is 37.8 Å². The van der Waals surface area contributed by atoms with E-state index >= 15 is 0 Å². The molecule has 1 aliphatic carbocycles. The number of pyridine rings is 1. The Morgan fingerprint density at radius 3 is 2.82 bits per heavy atom. The summed E-state index contributed by atoms with van der Waals surface area (Å²) >= 11 is 0. The van der Waals surface area contributed by atoms with Crippen molar-refractivity contribution in [3.8, 4) is 0 Å². The van der Waals surface area contributed by atoms with Crippen LogP contribution >= 0.6 is 0 Å². The number of carbonyl (C=O) groups is 1. The molecule has 3 fully saturated rings. The predicted molar refractivity (Wildman–Crippen MR) is 103 cm³/mol. The summed E-state index contributed by atoms with van der Waals surface area (Å²) in [7, 11) is 0. The number of aromatic nitrogens is 1. The first kappa shape index (κ1) is 19.4. The van der Waals surface area contributed by atoms with E-state index in [1.165, 1.54) is 18.9 Å². The summed E-state index contributed by atoms with van der Waals surface area (Å²) in [5.41, 5.74) is 0.613. The number of amides is 2. The van der Waals surface area contributed by atoms with E-state index in [4.69, 9.17) is 9.47 Å². The number of hydrogen-bond acceptors (Lipinski definition) is 5. The lowest BCUT2D eigenvalue weighted by molar-refractivity contribution is -0.0820. The highest BCUT2D eigenvalue weighted by Gasteiger charge is 2.40. The number of halogens is 1. The zero-order valence-corrected chi connectivity index (χ0v) is 16.2. The zero-order chi connectivity index (χ0) is 19.4. The highest BCUT2D eigenvalue weighted by molar-refractivity contribution is 5.74. The lowest BCUT2D eigenvalue weighted by Gasteiger charge is -2.38. The molecule has 3 aliphatic rings. The van der Waals surface area contributed by atoms with Gasteiger partial charge in [-0.05, 0) is 37.3 Å². The standard InChI is InChI=1S/C20H29FN4O3/c21-17-11-15(13-22-18(17)25-6-9-27-10-7-25)14-23-19(26)24-16-3-8-28-20(12-16)4-1-2-5-20/h11,13,16H,1-10,12,14H2,(H2,23,24,26). The second-order valence-electron chi connectivity index (χ2n) is 8.00. The van der Waals surface area contributed by atoms with Crippen molar-refractivity contribution in [1.82, 2.24) is 15.6 Å². The molecule has 3 heterocycles. The van der Waals surface area contributed by atoms with Crippen LogP contribution in [0.4, 0.5) is 15.0 Å². The molecule has 28 heavy (non-hydrogen) atoms. The molecule has 2 N–H and O–H groups in total. The van der Waals surface area contributed by atoms with Crippen molar-refractivity contribution in [2.45, 2.75) is 56.7 Å². The first-order chi connectivity index (χ1) is 13.6. The van der Waals surface area contributed by atoms with Crippen LogP contribution in [0.15, 0.2) is 12.3 Å². The van der Waals surface area contributed by atoms with E-state index in [1.807, 2.05) is 4.90 Å². The molecule has 2 aliphatic heterocycles. The third-order valence-electron chi connectivity index (χ3n) is 5.99. The fourth-order valence-corrected chi connectivity index (χ4v) is 4.51. The highest BCUT2D eigenvalue weighted by Crippen LogP contribution is 2.39. The van der Waals surface area contributed by atoms with Crippen LogP contribution in [0.5, 0.6) is 0 Å². The quantitative estimate of drug-likeness (QED) is 0.823. The number of rotatable bonds is 4. The number of carbonyl (C=O) groups excluding carboxylic acids is 1. The minimum Gasteiger partial charge on any atom is -0.378 e. The number of nitrogens with zero attached hydrogens (tertiary/aromatic N) is 2. The van der Waals surface area contributed by atoms with E-state index in [1.54, 1.807) is 6.20 Å². The van der Waals surface area contributed by atoms with Gasteiger partial charge in [-0.1, -0.05) is 12.8 Å². The predicted octanol–water partition coefficient (Wildman–Crippen LogP) is 2.35. The normalized spacial score (nSPS) is 24.3. The van der Waals surface area contributed by atoms with Crippen LogP contribution in [0.25, 0.3) is 0 Å². The molecule has 1 spiro atoms. The average molecular weight is 392 g/mol. The van der Waals surface area contributed by atoms with Crippen LogP contribution in [-0.4, -0.2) is 55.6 Å². The molecule has 2 saturated heterocycles. The van der Waals surface area contributed by atoms with Gasteiger partial charge in [-0.2, -0.15) is 0 Å². The maximum absolute atomic E-state index is 14.4. The number of morpholine rings is 1. The van der Waals surface area contributed by atoms with Gasteiger partial charge in [0.15, 0.2) is 11.6 Å². The lowest BCUT2D eigenvalue weighted by atomic mass is 9.89. The molecule has 1 aromatic heterocycles. The molecule has 0 aromatic carbocycles. The first-order valence-corrected chi connectivity index (χ1v) is 10.3. The van der Waals surface area contributed by atoms with Gasteiger partial charge in [-0.3, -0.25) is 0 Å². The van der Waals surface area contributed by atoms with Crippen molar-refractivity contribution in [2.24, 2.45) is 0 Å². The van der Waals surface area contributed by atoms with Crippen LogP contribution in [0.1, 0.15) is 44.1 Å². The Hall–Kier alpha value is -1.93. The van der Waals surface area contributed by atoms with Crippen LogP contribution in [0, 0.1) is 5.82 Å². The van der Waals surface area contributed by atoms with Crippen molar-refractivity contribution in [3.63, 3.8) is 0 Å². The minimum absolute atomic E-state index is 0.0292. The van der Waals surface area contributed by atoms with Gasteiger partial charge < -0.3 is 25.0 Å². The smallest absolute Gasteiger partial charge is 0.315 e. The Bertz CT molecular complexity index is 690. The molecule has 154 valence electrons. The van der Waals surface area contributed by atoms with Crippen molar-refractivity contribution >= 4 is 11.8 Å². The minimum atomic E-state index is -0.366. The van der Waals surface area contributed by atoms with E-state index in [0.717, 1.165) is 25.7 Å². The fourth-order valence-electron chi connectivity index (χ4n) is 4.51. The monoisotopic (exact) mass is 392 g/mol. The Morgan fingerprint density at radius 1 is 1.29 bits per heavy atom. The molecule has 4 rings (SSSR count). The lowest BCUT2D eigenvalue weighted by Crippen LogP contribution is -2.49. The van der Waals surface area contributed by atoms with Crippen LogP contribution in [-0.2, 0) is 16.0 Å². The van der Waals surface area contributed by atoms with Gasteiger partial charge in [0.1, 0.15) is 0 Å². The van der Waals surface area contributed by atoms with Gasteiger partial charge in [0, 0.05) is 38.5 Å². The Labute approximate surface area is 165 Å². The summed E-state index contributed by atoms with van der Waals surface area (Å²) in [4.78, 5) is 18.4. The second kappa shape index (κ2) is 8.61. The van der Waals surface area contributed by atoms with Crippen LogP contribution in [0.3, 0.4) is 0 Å². The molecule has 1 aromatic rings. The summed E-state index contributed by atoms with van der Waals surface area (Å²) < 4.78 is 25.7. The van der Waals surface area contributed by atoms with Crippen molar-refractivity contribution in [1.29, 1.82) is 0 Å². The molecule has 1 atom stereocenters. The number of ether oxygens (including phenoxy) is 2. The zero-order valence-electron chi connectivity index (χ0n) is 16.2. The van der Waals surface area contributed by atoms with Crippen molar-refractivity contribution < 1.29 is 18.7 Å². The van der Waals surface area contributed by atoms with Gasteiger partial charge in [0.05, 0.1) is 18.8 Å². The third-order valence-corrected chi connectivity index (χ3v) is 5.99. The van der Waals surface area contributed by atoms with Gasteiger partial charge in [-0.25, -0.2) is 14.2 Å². The molecular weight excluding hydrogens is 363 g/mol. The third kappa shape index (κ3) is 4.55. The Morgan fingerprint density at radius 2 is 2.07 bits per heavy atom. The fraction of sp³-hybridized carbons (Fsp3) is 0.700. The summed E-state index contributed by atoms with van der Waals surface area (Å²) in [6, 6.07) is 1.35. The molecule has 1 unspecified atom stereocenters. The van der Waals surface area contributed by atoms with Crippen LogP contribution < -0.4 is 15.5 Å². The molecule has 0 radical (unpaired) electrons. The van der Waals surface area contributed by atoms with Gasteiger partial charge >= 0.3 is 6.03 Å². The van der Waals surface area contributed by atoms with E-state index in [-0.39, 0.29) is 30.0 Å². The van der Waals surface area contributed by atoms with E-state index < -0.39 is 0 Å². The molecule has 0 bridgehead atoms. The number of nitrogens with one attached hydrogen (secondary N) is 2. The SMILES string of the molecule is O=C(NCc1cnc(N2CCOCC2)c(F)c1)NC1CCOC2(CCCC2)C1. The molecule has 7 nitrogen and oxygen atoms in total. The second-order valence-corrected chi connectivity index (χ2v) is 8.00. The average Bonchev–Trinajstić information content (AvgIpc) is 3.14. The summed E-state index contributed by atoms with van der Waals surface area (Å²) in [5, 5.41) is 5.87. The molecular formula is C20H29FN4O3.